The number of benzene rings is 1. The Labute approximate surface area is 189 Å². The molecule has 4 heteroatoms. The van der Waals surface area contributed by atoms with Gasteiger partial charge in [0.15, 0.2) is 0 Å². The van der Waals surface area contributed by atoms with Crippen LogP contribution in [0.15, 0.2) is 42.5 Å². The van der Waals surface area contributed by atoms with E-state index in [9.17, 15) is 9.36 Å². The standard InChI is InChI=1S/C27H41O3P/c1-3-12-24-19-25(23-16-8-5-9-17-23)20-26(24)27(28)21-31(29,30-2)18-11-10-15-22-13-6-4-7-14-22/h3-4,6-7,12-14,23-26H,5,8-11,15-21H2,1-2H3/b12-3+/t24-,25-,26?,31?/m1/s1. The Morgan fingerprint density at radius 2 is 1.81 bits per heavy atom. The second-order valence-corrected chi connectivity index (χ2v) is 12.5. The molecular formula is C27H41O3P. The number of hydrogen-bond acceptors (Lipinski definition) is 3. The molecule has 172 valence electrons. The van der Waals surface area contributed by atoms with Crippen LogP contribution in [0.5, 0.6) is 0 Å². The van der Waals surface area contributed by atoms with Crippen molar-refractivity contribution in [3.63, 3.8) is 0 Å². The van der Waals surface area contributed by atoms with E-state index in [0.717, 1.165) is 38.0 Å². The smallest absolute Gasteiger partial charge is 0.210 e. The maximum Gasteiger partial charge on any atom is 0.210 e. The lowest BCUT2D eigenvalue weighted by Gasteiger charge is -2.27. The van der Waals surface area contributed by atoms with E-state index in [0.29, 0.717) is 18.0 Å². The second-order valence-electron chi connectivity index (χ2n) is 9.71. The van der Waals surface area contributed by atoms with E-state index in [-0.39, 0.29) is 17.9 Å². The highest BCUT2D eigenvalue weighted by Crippen LogP contribution is 2.51. The van der Waals surface area contributed by atoms with Gasteiger partial charge in [-0.15, -0.1) is 0 Å². The molecule has 0 aliphatic heterocycles. The van der Waals surface area contributed by atoms with E-state index in [4.69, 9.17) is 4.52 Å². The van der Waals surface area contributed by atoms with Crippen LogP contribution < -0.4 is 0 Å². The molecule has 0 spiro atoms. The highest BCUT2D eigenvalue weighted by atomic mass is 31.2. The number of carbonyl (C=O) groups is 1. The second kappa shape index (κ2) is 12.2. The van der Waals surface area contributed by atoms with Crippen LogP contribution in [0, 0.1) is 23.7 Å². The maximum absolute atomic E-state index is 13.3. The third-order valence-corrected chi connectivity index (χ3v) is 10.1. The highest BCUT2D eigenvalue weighted by Gasteiger charge is 2.42. The van der Waals surface area contributed by atoms with Gasteiger partial charge >= 0.3 is 0 Å². The lowest BCUT2D eigenvalue weighted by Crippen LogP contribution is -2.22. The van der Waals surface area contributed by atoms with Gasteiger partial charge in [-0.1, -0.05) is 74.6 Å². The van der Waals surface area contributed by atoms with Crippen molar-refractivity contribution in [1.82, 2.24) is 0 Å². The molecule has 2 aliphatic carbocycles. The number of ketones is 1. The molecule has 0 radical (unpaired) electrons. The summed E-state index contributed by atoms with van der Waals surface area (Å²) in [6, 6.07) is 10.4. The van der Waals surface area contributed by atoms with Gasteiger partial charge in [0.2, 0.25) is 7.37 Å². The van der Waals surface area contributed by atoms with Crippen LogP contribution >= 0.6 is 7.37 Å². The zero-order valence-corrected chi connectivity index (χ0v) is 20.4. The fourth-order valence-corrected chi connectivity index (χ4v) is 7.73. The van der Waals surface area contributed by atoms with E-state index >= 15 is 0 Å². The van der Waals surface area contributed by atoms with Crippen LogP contribution in [-0.4, -0.2) is 25.2 Å². The molecule has 0 heterocycles. The Hall–Kier alpha value is -1.18. The molecule has 0 N–H and O–H groups in total. The molecule has 4 atom stereocenters. The molecule has 3 rings (SSSR count). The van der Waals surface area contributed by atoms with E-state index < -0.39 is 7.37 Å². The highest BCUT2D eigenvalue weighted by molar-refractivity contribution is 7.59. The predicted molar refractivity (Wildman–Crippen MR) is 130 cm³/mol. The SMILES string of the molecule is C/C=C/[C@@H]1C[C@@H](C2CCCCC2)CC1C(=O)CP(=O)(CCCCc1ccccc1)OC. The minimum atomic E-state index is -2.90. The Balaban J connectivity index is 1.54. The van der Waals surface area contributed by atoms with Gasteiger partial charge in [0.05, 0.1) is 6.16 Å². The van der Waals surface area contributed by atoms with Crippen molar-refractivity contribution in [2.45, 2.75) is 71.1 Å². The summed E-state index contributed by atoms with van der Waals surface area (Å²) in [5, 5.41) is 0. The van der Waals surface area contributed by atoms with E-state index in [2.05, 4.69) is 36.4 Å². The Bertz CT molecular complexity index is 751. The number of allylic oxidation sites excluding steroid dienone is 2. The Morgan fingerprint density at radius 3 is 2.48 bits per heavy atom. The quantitative estimate of drug-likeness (QED) is 0.204. The van der Waals surface area contributed by atoms with Crippen LogP contribution in [0.25, 0.3) is 0 Å². The van der Waals surface area contributed by atoms with Gasteiger partial charge in [-0.3, -0.25) is 9.36 Å². The molecule has 0 saturated heterocycles. The van der Waals surface area contributed by atoms with Gasteiger partial charge in [0.25, 0.3) is 0 Å². The topological polar surface area (TPSA) is 43.4 Å². The molecule has 1 aromatic carbocycles. The van der Waals surface area contributed by atoms with Gasteiger partial charge in [0.1, 0.15) is 5.78 Å². The molecule has 31 heavy (non-hydrogen) atoms. The zero-order valence-electron chi connectivity index (χ0n) is 19.5. The van der Waals surface area contributed by atoms with Crippen LogP contribution in [0.3, 0.4) is 0 Å². The van der Waals surface area contributed by atoms with Crippen LogP contribution in [0.4, 0.5) is 0 Å². The lowest BCUT2D eigenvalue weighted by atomic mass is 9.78. The normalized spacial score (nSPS) is 26.8. The summed E-state index contributed by atoms with van der Waals surface area (Å²) in [5.41, 5.74) is 1.31. The first-order valence-corrected chi connectivity index (χ1v) is 14.4. The van der Waals surface area contributed by atoms with Crippen molar-refractivity contribution >= 4 is 13.2 Å². The van der Waals surface area contributed by atoms with Crippen LogP contribution in [0.2, 0.25) is 0 Å². The first kappa shape index (κ1) is 24.5. The summed E-state index contributed by atoms with van der Waals surface area (Å²) >= 11 is 0. The molecule has 2 unspecified atom stereocenters. The fourth-order valence-electron chi connectivity index (χ4n) is 5.85. The number of hydrogen-bond donors (Lipinski definition) is 0. The number of carbonyl (C=O) groups excluding carboxylic acids is 1. The molecule has 0 bridgehead atoms. The molecule has 2 aliphatic rings. The third-order valence-electron chi connectivity index (χ3n) is 7.60. The molecule has 3 nitrogen and oxygen atoms in total. The molecular weight excluding hydrogens is 403 g/mol. The lowest BCUT2D eigenvalue weighted by molar-refractivity contribution is -0.121. The number of unbranched alkanes of at least 4 members (excludes halogenated alkanes) is 1. The average molecular weight is 445 g/mol. The van der Waals surface area contributed by atoms with E-state index in [1.54, 1.807) is 0 Å². The maximum atomic E-state index is 13.3. The zero-order chi connectivity index (χ0) is 22.1. The fraction of sp³-hybridized carbons (Fsp3) is 0.667. The molecule has 0 aromatic heterocycles. The van der Waals surface area contributed by atoms with Crippen molar-refractivity contribution in [1.29, 1.82) is 0 Å². The first-order valence-electron chi connectivity index (χ1n) is 12.4. The summed E-state index contributed by atoms with van der Waals surface area (Å²) < 4.78 is 18.8. The largest absolute Gasteiger partial charge is 0.332 e. The minimum absolute atomic E-state index is 0.0240. The van der Waals surface area contributed by atoms with Crippen LogP contribution in [0.1, 0.15) is 70.3 Å². The van der Waals surface area contributed by atoms with E-state index in [1.165, 1.54) is 44.8 Å². The molecule has 0 amide bonds. The first-order chi connectivity index (χ1) is 15.0. The van der Waals surface area contributed by atoms with Gasteiger partial charge in [0, 0.05) is 19.2 Å². The summed E-state index contributed by atoms with van der Waals surface area (Å²) in [7, 11) is -1.38. The molecule has 1 aromatic rings. The van der Waals surface area contributed by atoms with Crippen molar-refractivity contribution in [2.24, 2.45) is 23.7 Å². The predicted octanol–water partition coefficient (Wildman–Crippen LogP) is 7.30. The number of Topliss-reactive ketones (excluding diaryl/α,β-unsaturated/α-hetero) is 1. The van der Waals surface area contributed by atoms with Gasteiger partial charge in [-0.2, -0.15) is 0 Å². The number of rotatable bonds is 11. The summed E-state index contributed by atoms with van der Waals surface area (Å²) in [6.07, 6.45) is 16.5. The minimum Gasteiger partial charge on any atom is -0.332 e. The van der Waals surface area contributed by atoms with Crippen molar-refractivity contribution < 1.29 is 13.9 Å². The van der Waals surface area contributed by atoms with Gasteiger partial charge in [-0.25, -0.2) is 0 Å². The Kier molecular flexibility index (Phi) is 9.60. The van der Waals surface area contributed by atoms with E-state index in [1.807, 2.05) is 13.0 Å². The van der Waals surface area contributed by atoms with Gasteiger partial charge in [-0.05, 0) is 62.3 Å². The summed E-state index contributed by atoms with van der Waals surface area (Å²) in [4.78, 5) is 13.3. The van der Waals surface area contributed by atoms with Crippen molar-refractivity contribution in [3.8, 4) is 0 Å². The third kappa shape index (κ3) is 7.16. The average Bonchev–Trinajstić information content (AvgIpc) is 3.22. The van der Waals surface area contributed by atoms with Crippen molar-refractivity contribution in [2.75, 3.05) is 19.4 Å². The summed E-state index contributed by atoms with van der Waals surface area (Å²) in [5.74, 6) is 1.95. The monoisotopic (exact) mass is 444 g/mol. The van der Waals surface area contributed by atoms with Crippen molar-refractivity contribution in [3.05, 3.63) is 48.0 Å². The van der Waals surface area contributed by atoms with Crippen LogP contribution in [-0.2, 0) is 20.3 Å². The summed E-state index contributed by atoms with van der Waals surface area (Å²) in [6.45, 7) is 2.04. The number of aryl methyl sites for hydroxylation is 1. The molecule has 2 saturated carbocycles. The molecule has 2 fully saturated rings. The Morgan fingerprint density at radius 1 is 1.06 bits per heavy atom. The van der Waals surface area contributed by atoms with Gasteiger partial charge < -0.3 is 4.52 Å².